The zero-order chi connectivity index (χ0) is 17.0. The molecule has 2 aromatic rings. The smallest absolute Gasteiger partial charge is 0.305 e. The van der Waals surface area contributed by atoms with E-state index in [-0.39, 0.29) is 5.97 Å². The van der Waals surface area contributed by atoms with Gasteiger partial charge < -0.3 is 9.47 Å². The fourth-order valence-electron chi connectivity index (χ4n) is 2.54. The summed E-state index contributed by atoms with van der Waals surface area (Å²) in [7, 11) is 1.42. The predicted octanol–water partition coefficient (Wildman–Crippen LogP) is 4.58. The van der Waals surface area contributed by atoms with Crippen LogP contribution in [0.3, 0.4) is 0 Å². The molecule has 0 aliphatic heterocycles. The number of carbonyl (C=O) groups excluding carboxylic acids is 1. The summed E-state index contributed by atoms with van der Waals surface area (Å²) in [6, 6.07) is 18.5. The molecule has 0 fully saturated rings. The average Bonchev–Trinajstić information content (AvgIpc) is 2.64. The van der Waals surface area contributed by atoms with Crippen LogP contribution in [-0.2, 0) is 22.4 Å². The zero-order valence-electron chi connectivity index (χ0n) is 14.4. The number of unbranched alkanes of at least 4 members (excludes halogenated alkanes) is 2. The van der Waals surface area contributed by atoms with Crippen molar-refractivity contribution in [2.75, 3.05) is 13.7 Å². The van der Waals surface area contributed by atoms with Crippen molar-refractivity contribution in [2.24, 2.45) is 0 Å². The second kappa shape index (κ2) is 10.5. The van der Waals surface area contributed by atoms with Gasteiger partial charge in [0.15, 0.2) is 0 Å². The van der Waals surface area contributed by atoms with E-state index < -0.39 is 0 Å². The highest BCUT2D eigenvalue weighted by Gasteiger charge is 2.02. The van der Waals surface area contributed by atoms with Crippen molar-refractivity contribution in [1.29, 1.82) is 0 Å². The number of carbonyl (C=O) groups is 1. The highest BCUT2D eigenvalue weighted by molar-refractivity contribution is 5.69. The van der Waals surface area contributed by atoms with E-state index in [0.29, 0.717) is 12.8 Å². The van der Waals surface area contributed by atoms with Crippen molar-refractivity contribution < 1.29 is 14.3 Å². The number of esters is 1. The van der Waals surface area contributed by atoms with E-state index in [4.69, 9.17) is 4.74 Å². The van der Waals surface area contributed by atoms with Crippen molar-refractivity contribution in [1.82, 2.24) is 0 Å². The summed E-state index contributed by atoms with van der Waals surface area (Å²) in [5.74, 6) is 0.714. The quantitative estimate of drug-likeness (QED) is 0.473. The molecule has 128 valence electrons. The van der Waals surface area contributed by atoms with Gasteiger partial charge in [-0.3, -0.25) is 4.79 Å². The van der Waals surface area contributed by atoms with Gasteiger partial charge in [-0.1, -0.05) is 42.5 Å². The van der Waals surface area contributed by atoms with Gasteiger partial charge in [0.1, 0.15) is 5.75 Å². The van der Waals surface area contributed by atoms with Crippen LogP contribution in [0.2, 0.25) is 0 Å². The second-order valence-corrected chi connectivity index (χ2v) is 5.86. The zero-order valence-corrected chi connectivity index (χ0v) is 14.4. The third-order valence-corrected chi connectivity index (χ3v) is 3.99. The summed E-state index contributed by atoms with van der Waals surface area (Å²) < 4.78 is 10.4. The van der Waals surface area contributed by atoms with Gasteiger partial charge >= 0.3 is 5.97 Å². The maximum absolute atomic E-state index is 11.1. The number of aryl methyl sites for hydroxylation is 2. The van der Waals surface area contributed by atoms with Crippen molar-refractivity contribution >= 4 is 5.97 Å². The standard InChI is InChI=1S/C21H26O3/c1-23-21(22)16-13-19-11-14-20(15-12-19)24-17-7-3-6-10-18-8-4-2-5-9-18/h2,4-5,8-9,11-12,14-15H,3,6-7,10,13,16-17H2,1H3. The number of methoxy groups -OCH3 is 1. The fraction of sp³-hybridized carbons (Fsp3) is 0.381. The fourth-order valence-corrected chi connectivity index (χ4v) is 2.54. The molecule has 2 aromatic carbocycles. The Bertz CT molecular complexity index is 590. The van der Waals surface area contributed by atoms with Gasteiger partial charge in [-0.15, -0.1) is 0 Å². The topological polar surface area (TPSA) is 35.5 Å². The van der Waals surface area contributed by atoms with E-state index in [1.54, 1.807) is 0 Å². The minimum Gasteiger partial charge on any atom is -0.494 e. The predicted molar refractivity (Wildman–Crippen MR) is 96.3 cm³/mol. The summed E-state index contributed by atoms with van der Waals surface area (Å²) in [5, 5.41) is 0. The van der Waals surface area contributed by atoms with E-state index in [0.717, 1.165) is 30.8 Å². The number of hydrogen-bond donors (Lipinski definition) is 0. The van der Waals surface area contributed by atoms with Gasteiger partial charge in [-0.2, -0.15) is 0 Å². The average molecular weight is 326 g/mol. The van der Waals surface area contributed by atoms with Crippen LogP contribution in [0.4, 0.5) is 0 Å². The Kier molecular flexibility index (Phi) is 7.88. The van der Waals surface area contributed by atoms with E-state index in [1.807, 2.05) is 24.3 Å². The molecule has 0 unspecified atom stereocenters. The van der Waals surface area contributed by atoms with Crippen molar-refractivity contribution in [2.45, 2.75) is 38.5 Å². The maximum atomic E-state index is 11.1. The Morgan fingerprint density at radius 3 is 2.25 bits per heavy atom. The Labute approximate surface area is 144 Å². The second-order valence-electron chi connectivity index (χ2n) is 5.86. The SMILES string of the molecule is COC(=O)CCc1ccc(OCCCCCc2ccccc2)cc1. The Morgan fingerprint density at radius 2 is 1.54 bits per heavy atom. The normalized spacial score (nSPS) is 10.4. The Balaban J connectivity index is 1.58. The first kappa shape index (κ1) is 18.1. The number of ether oxygens (including phenoxy) is 2. The molecule has 0 amide bonds. The summed E-state index contributed by atoms with van der Waals surface area (Å²) in [5.41, 5.74) is 2.52. The lowest BCUT2D eigenvalue weighted by Gasteiger charge is -2.07. The van der Waals surface area contributed by atoms with Gasteiger partial charge in [-0.25, -0.2) is 0 Å². The Morgan fingerprint density at radius 1 is 0.833 bits per heavy atom. The van der Waals surface area contributed by atoms with Crippen LogP contribution in [0.25, 0.3) is 0 Å². The molecule has 0 spiro atoms. The summed E-state index contributed by atoms with van der Waals surface area (Å²) in [6.07, 6.45) is 5.68. The van der Waals surface area contributed by atoms with Crippen molar-refractivity contribution in [3.63, 3.8) is 0 Å². The van der Waals surface area contributed by atoms with Crippen LogP contribution in [0.5, 0.6) is 5.75 Å². The van der Waals surface area contributed by atoms with Gasteiger partial charge in [-0.05, 0) is 55.4 Å². The third kappa shape index (κ3) is 6.86. The van der Waals surface area contributed by atoms with Crippen LogP contribution in [0.15, 0.2) is 54.6 Å². The maximum Gasteiger partial charge on any atom is 0.305 e. The largest absolute Gasteiger partial charge is 0.494 e. The third-order valence-electron chi connectivity index (χ3n) is 3.99. The van der Waals surface area contributed by atoms with Crippen LogP contribution >= 0.6 is 0 Å². The number of rotatable bonds is 10. The van der Waals surface area contributed by atoms with E-state index >= 15 is 0 Å². The van der Waals surface area contributed by atoms with Gasteiger partial charge in [0.05, 0.1) is 13.7 Å². The van der Waals surface area contributed by atoms with Gasteiger partial charge in [0.25, 0.3) is 0 Å². The molecule has 0 aliphatic rings. The monoisotopic (exact) mass is 326 g/mol. The Hall–Kier alpha value is -2.29. The number of hydrogen-bond acceptors (Lipinski definition) is 3. The van der Waals surface area contributed by atoms with Gasteiger partial charge in [0.2, 0.25) is 0 Å². The highest BCUT2D eigenvalue weighted by Crippen LogP contribution is 2.14. The van der Waals surface area contributed by atoms with Crippen LogP contribution in [-0.4, -0.2) is 19.7 Å². The van der Waals surface area contributed by atoms with Crippen molar-refractivity contribution in [3.8, 4) is 5.75 Å². The van der Waals surface area contributed by atoms with Crippen molar-refractivity contribution in [3.05, 3.63) is 65.7 Å². The minimum atomic E-state index is -0.175. The molecule has 0 aromatic heterocycles. The number of benzene rings is 2. The molecule has 0 N–H and O–H groups in total. The molecule has 3 nitrogen and oxygen atoms in total. The lowest BCUT2D eigenvalue weighted by atomic mass is 10.1. The molecule has 0 heterocycles. The molecule has 24 heavy (non-hydrogen) atoms. The summed E-state index contributed by atoms with van der Waals surface area (Å²) >= 11 is 0. The van der Waals surface area contributed by atoms with Crippen LogP contribution < -0.4 is 4.74 Å². The molecule has 0 bridgehead atoms. The van der Waals surface area contributed by atoms with E-state index in [1.165, 1.54) is 25.5 Å². The van der Waals surface area contributed by atoms with Gasteiger partial charge in [0, 0.05) is 6.42 Å². The molecule has 0 atom stereocenters. The van der Waals surface area contributed by atoms with E-state index in [2.05, 4.69) is 35.1 Å². The molecular weight excluding hydrogens is 300 g/mol. The first-order valence-corrected chi connectivity index (χ1v) is 8.60. The minimum absolute atomic E-state index is 0.175. The molecule has 0 aliphatic carbocycles. The molecule has 0 radical (unpaired) electrons. The summed E-state index contributed by atoms with van der Waals surface area (Å²) in [4.78, 5) is 11.1. The lowest BCUT2D eigenvalue weighted by molar-refractivity contribution is -0.140. The van der Waals surface area contributed by atoms with E-state index in [9.17, 15) is 4.79 Å². The first-order chi connectivity index (χ1) is 11.8. The first-order valence-electron chi connectivity index (χ1n) is 8.60. The summed E-state index contributed by atoms with van der Waals surface area (Å²) in [6.45, 7) is 0.746. The molecule has 2 rings (SSSR count). The lowest BCUT2D eigenvalue weighted by Crippen LogP contribution is -2.02. The molecule has 3 heteroatoms. The van der Waals surface area contributed by atoms with Crippen LogP contribution in [0, 0.1) is 0 Å². The highest BCUT2D eigenvalue weighted by atomic mass is 16.5. The molecular formula is C21H26O3. The van der Waals surface area contributed by atoms with Crippen LogP contribution in [0.1, 0.15) is 36.8 Å². The molecule has 0 saturated carbocycles. The molecule has 0 saturated heterocycles.